The predicted molar refractivity (Wildman–Crippen MR) is 92.2 cm³/mol. The number of nitrogens with zero attached hydrogens (tertiary/aromatic N) is 4. The molecular formula is C18H24N4O2. The third-order valence-corrected chi connectivity index (χ3v) is 3.81. The molecule has 2 aromatic rings. The lowest BCUT2D eigenvalue weighted by atomic mass is 10.2. The number of hydrogen-bond donors (Lipinski definition) is 0. The number of carbonyl (C=O) groups is 1. The van der Waals surface area contributed by atoms with Crippen molar-refractivity contribution in [3.05, 3.63) is 36.5 Å². The van der Waals surface area contributed by atoms with Gasteiger partial charge in [-0.05, 0) is 58.6 Å². The van der Waals surface area contributed by atoms with Crippen LogP contribution in [-0.2, 0) is 4.74 Å². The van der Waals surface area contributed by atoms with Crippen LogP contribution < -0.4 is 5.01 Å². The molecule has 1 amide bonds. The van der Waals surface area contributed by atoms with Gasteiger partial charge in [0.15, 0.2) is 0 Å². The average molecular weight is 328 g/mol. The minimum absolute atomic E-state index is 0.340. The highest BCUT2D eigenvalue weighted by Crippen LogP contribution is 2.30. The van der Waals surface area contributed by atoms with Crippen LogP contribution in [0.15, 0.2) is 30.7 Å². The fraction of sp³-hybridized carbons (Fsp3) is 0.500. The molecule has 128 valence electrons. The lowest BCUT2D eigenvalue weighted by Gasteiger charge is -2.28. The first-order valence-corrected chi connectivity index (χ1v) is 8.31. The standard InChI is InChI=1S/C18H24N4O2/c1-13-20-16(15-6-5-9-19-10-15)12-21(13)22(11-14-7-8-14)17(23)24-18(2,3)4/h5-6,9-10,12,14H,7-8,11H2,1-4H3. The van der Waals surface area contributed by atoms with Gasteiger partial charge in [-0.15, -0.1) is 0 Å². The second-order valence-corrected chi connectivity index (χ2v) is 7.27. The summed E-state index contributed by atoms with van der Waals surface area (Å²) in [5.74, 6) is 1.29. The second kappa shape index (κ2) is 6.26. The van der Waals surface area contributed by atoms with Gasteiger partial charge in [-0.2, -0.15) is 0 Å². The van der Waals surface area contributed by atoms with E-state index in [4.69, 9.17) is 4.74 Å². The number of aryl methyl sites for hydroxylation is 1. The Balaban J connectivity index is 1.90. The van der Waals surface area contributed by atoms with Crippen molar-refractivity contribution in [3.8, 4) is 11.3 Å². The molecule has 0 N–H and O–H groups in total. The Bertz CT molecular complexity index is 714. The Morgan fingerprint density at radius 1 is 1.42 bits per heavy atom. The van der Waals surface area contributed by atoms with Crippen LogP contribution in [0.1, 0.15) is 39.4 Å². The zero-order valence-corrected chi connectivity index (χ0v) is 14.7. The van der Waals surface area contributed by atoms with E-state index in [1.807, 2.05) is 46.0 Å². The number of imidazole rings is 1. The maximum Gasteiger partial charge on any atom is 0.429 e. The molecule has 0 atom stereocenters. The molecule has 6 heteroatoms. The van der Waals surface area contributed by atoms with Gasteiger partial charge in [0.25, 0.3) is 0 Å². The van der Waals surface area contributed by atoms with Gasteiger partial charge in [0.1, 0.15) is 11.4 Å². The summed E-state index contributed by atoms with van der Waals surface area (Å²) in [6, 6.07) is 3.83. The minimum atomic E-state index is -0.528. The third-order valence-electron chi connectivity index (χ3n) is 3.81. The van der Waals surface area contributed by atoms with E-state index in [9.17, 15) is 4.79 Å². The van der Waals surface area contributed by atoms with Crippen LogP contribution in [0.2, 0.25) is 0 Å². The zero-order valence-electron chi connectivity index (χ0n) is 14.7. The van der Waals surface area contributed by atoms with Crippen molar-refractivity contribution in [2.75, 3.05) is 11.6 Å². The molecule has 0 bridgehead atoms. The molecule has 0 unspecified atom stereocenters. The Morgan fingerprint density at radius 3 is 2.75 bits per heavy atom. The van der Waals surface area contributed by atoms with Gasteiger partial charge in [-0.3, -0.25) is 4.98 Å². The first kappa shape index (κ1) is 16.5. The molecule has 1 aliphatic rings. The van der Waals surface area contributed by atoms with Crippen molar-refractivity contribution in [2.45, 2.75) is 46.1 Å². The van der Waals surface area contributed by atoms with Crippen LogP contribution in [0.4, 0.5) is 4.79 Å². The number of hydrogen-bond acceptors (Lipinski definition) is 4. The fourth-order valence-corrected chi connectivity index (χ4v) is 2.47. The maximum atomic E-state index is 12.7. The number of aromatic nitrogens is 3. The van der Waals surface area contributed by atoms with Crippen LogP contribution in [0.3, 0.4) is 0 Å². The molecule has 1 fully saturated rings. The van der Waals surface area contributed by atoms with Crippen molar-refractivity contribution in [3.63, 3.8) is 0 Å². The largest absolute Gasteiger partial charge is 0.442 e. The predicted octanol–water partition coefficient (Wildman–Crippen LogP) is 3.54. The van der Waals surface area contributed by atoms with Gasteiger partial charge in [0.05, 0.1) is 11.9 Å². The topological polar surface area (TPSA) is 60.2 Å². The Hall–Kier alpha value is -2.37. The number of ether oxygens (including phenoxy) is 1. The van der Waals surface area contributed by atoms with Crippen molar-refractivity contribution < 1.29 is 9.53 Å². The number of amides is 1. The summed E-state index contributed by atoms with van der Waals surface area (Å²) in [5.41, 5.74) is 1.19. The molecule has 1 saturated carbocycles. The molecule has 0 saturated heterocycles. The molecule has 0 aromatic carbocycles. The van der Waals surface area contributed by atoms with Crippen LogP contribution in [-0.4, -0.2) is 32.9 Å². The third kappa shape index (κ3) is 3.93. The van der Waals surface area contributed by atoms with Crippen LogP contribution in [0.25, 0.3) is 11.3 Å². The summed E-state index contributed by atoms with van der Waals surface area (Å²) < 4.78 is 7.38. The first-order chi connectivity index (χ1) is 11.3. The van der Waals surface area contributed by atoms with E-state index in [1.165, 1.54) is 0 Å². The smallest absolute Gasteiger partial charge is 0.429 e. The van der Waals surface area contributed by atoms with E-state index < -0.39 is 5.60 Å². The highest BCUT2D eigenvalue weighted by Gasteiger charge is 2.31. The monoisotopic (exact) mass is 328 g/mol. The molecule has 0 spiro atoms. The van der Waals surface area contributed by atoms with Crippen LogP contribution in [0.5, 0.6) is 0 Å². The Kier molecular flexibility index (Phi) is 4.30. The summed E-state index contributed by atoms with van der Waals surface area (Å²) in [6.45, 7) is 8.18. The van der Waals surface area contributed by atoms with Crippen molar-refractivity contribution in [1.29, 1.82) is 0 Å². The molecule has 24 heavy (non-hydrogen) atoms. The molecule has 2 heterocycles. The lowest BCUT2D eigenvalue weighted by Crippen LogP contribution is -2.45. The van der Waals surface area contributed by atoms with E-state index in [1.54, 1.807) is 22.1 Å². The molecule has 1 aliphatic carbocycles. The fourth-order valence-electron chi connectivity index (χ4n) is 2.47. The highest BCUT2D eigenvalue weighted by molar-refractivity contribution is 5.79. The van der Waals surface area contributed by atoms with Gasteiger partial charge in [-0.25, -0.2) is 19.5 Å². The molecule has 2 aromatic heterocycles. The summed E-state index contributed by atoms with van der Waals surface area (Å²) in [5, 5.41) is 1.66. The van der Waals surface area contributed by atoms with Crippen molar-refractivity contribution in [2.24, 2.45) is 5.92 Å². The van der Waals surface area contributed by atoms with Gasteiger partial charge in [0, 0.05) is 24.5 Å². The van der Waals surface area contributed by atoms with Gasteiger partial charge in [0.2, 0.25) is 0 Å². The average Bonchev–Trinajstić information content (AvgIpc) is 3.25. The normalized spacial score (nSPS) is 14.5. The SMILES string of the molecule is Cc1nc(-c2cccnc2)cn1N(CC1CC1)C(=O)OC(C)(C)C. The molecule has 0 aliphatic heterocycles. The Morgan fingerprint density at radius 2 is 2.17 bits per heavy atom. The van der Waals surface area contributed by atoms with Crippen molar-refractivity contribution >= 4 is 6.09 Å². The van der Waals surface area contributed by atoms with Crippen LogP contribution >= 0.6 is 0 Å². The maximum absolute atomic E-state index is 12.7. The number of rotatable bonds is 4. The van der Waals surface area contributed by atoms with Crippen LogP contribution in [0, 0.1) is 12.8 Å². The van der Waals surface area contributed by atoms with E-state index in [2.05, 4.69) is 9.97 Å². The summed E-state index contributed by atoms with van der Waals surface area (Å²) in [6.07, 6.45) is 7.34. The van der Waals surface area contributed by atoms with Gasteiger partial charge >= 0.3 is 6.09 Å². The van der Waals surface area contributed by atoms with E-state index >= 15 is 0 Å². The first-order valence-electron chi connectivity index (χ1n) is 8.31. The molecular weight excluding hydrogens is 304 g/mol. The second-order valence-electron chi connectivity index (χ2n) is 7.27. The van der Waals surface area contributed by atoms with Gasteiger partial charge in [-0.1, -0.05) is 0 Å². The van der Waals surface area contributed by atoms with Gasteiger partial charge < -0.3 is 4.74 Å². The summed E-state index contributed by atoms with van der Waals surface area (Å²) in [4.78, 5) is 21.4. The summed E-state index contributed by atoms with van der Waals surface area (Å²) >= 11 is 0. The quantitative estimate of drug-likeness (QED) is 0.861. The summed E-state index contributed by atoms with van der Waals surface area (Å²) in [7, 11) is 0. The van der Waals surface area contributed by atoms with E-state index in [-0.39, 0.29) is 6.09 Å². The number of carbonyl (C=O) groups excluding carboxylic acids is 1. The molecule has 6 nitrogen and oxygen atoms in total. The lowest BCUT2D eigenvalue weighted by molar-refractivity contribution is 0.0534. The molecule has 3 rings (SSSR count). The zero-order chi connectivity index (χ0) is 17.3. The van der Waals surface area contributed by atoms with E-state index in [0.717, 1.165) is 29.9 Å². The number of pyridine rings is 1. The molecule has 0 radical (unpaired) electrons. The Labute approximate surface area is 142 Å². The van der Waals surface area contributed by atoms with Crippen molar-refractivity contribution in [1.82, 2.24) is 14.6 Å². The highest BCUT2D eigenvalue weighted by atomic mass is 16.6. The van der Waals surface area contributed by atoms with E-state index in [0.29, 0.717) is 12.5 Å². The minimum Gasteiger partial charge on any atom is -0.442 e.